The molecule has 2 fully saturated rings. The highest BCUT2D eigenvalue weighted by Crippen LogP contribution is 2.44. The summed E-state index contributed by atoms with van der Waals surface area (Å²) in [6, 6.07) is 5.49. The Morgan fingerprint density at radius 2 is 1.96 bits per heavy atom. The zero-order valence-corrected chi connectivity index (χ0v) is 14.9. The summed E-state index contributed by atoms with van der Waals surface area (Å²) in [6.45, 7) is 10.3. The van der Waals surface area contributed by atoms with Crippen LogP contribution in [0, 0.1) is 5.41 Å². The van der Waals surface area contributed by atoms with Gasteiger partial charge in [0.15, 0.2) is 0 Å². The van der Waals surface area contributed by atoms with Gasteiger partial charge in [-0.1, -0.05) is 0 Å². The number of hydrogen-bond donors (Lipinski definition) is 0. The first kappa shape index (κ1) is 16.9. The van der Waals surface area contributed by atoms with Crippen LogP contribution in [0.4, 0.5) is 0 Å². The lowest BCUT2D eigenvalue weighted by Crippen LogP contribution is -2.42. The van der Waals surface area contributed by atoms with Gasteiger partial charge in [0.05, 0.1) is 6.61 Å². The third kappa shape index (κ3) is 3.93. The summed E-state index contributed by atoms with van der Waals surface area (Å²) in [5.74, 6) is 0. The van der Waals surface area contributed by atoms with Crippen molar-refractivity contribution in [2.45, 2.75) is 51.7 Å². The predicted molar refractivity (Wildman–Crippen MR) is 93.3 cm³/mol. The molecule has 4 heteroatoms. The molecule has 3 heterocycles. The van der Waals surface area contributed by atoms with Crippen LogP contribution in [-0.2, 0) is 11.3 Å². The maximum atomic E-state index is 5.48. The zero-order valence-electron chi connectivity index (χ0n) is 14.9. The fourth-order valence-electron chi connectivity index (χ4n) is 4.44. The first-order chi connectivity index (χ1) is 11.1. The first-order valence-corrected chi connectivity index (χ1v) is 8.98. The molecule has 23 heavy (non-hydrogen) atoms. The van der Waals surface area contributed by atoms with Crippen molar-refractivity contribution in [1.82, 2.24) is 14.8 Å². The topological polar surface area (TPSA) is 28.6 Å². The lowest BCUT2D eigenvalue weighted by Gasteiger charge is -2.39. The van der Waals surface area contributed by atoms with Gasteiger partial charge in [0.2, 0.25) is 0 Å². The second-order valence-electron chi connectivity index (χ2n) is 7.71. The minimum Gasteiger partial charge on any atom is -0.383 e. The van der Waals surface area contributed by atoms with Crippen LogP contribution in [-0.4, -0.2) is 60.2 Å². The number of rotatable bonds is 5. The molecule has 4 nitrogen and oxygen atoms in total. The molecule has 0 radical (unpaired) electrons. The van der Waals surface area contributed by atoms with Crippen LogP contribution >= 0.6 is 0 Å². The van der Waals surface area contributed by atoms with E-state index in [1.807, 2.05) is 19.5 Å². The van der Waals surface area contributed by atoms with Gasteiger partial charge in [-0.05, 0) is 69.3 Å². The van der Waals surface area contributed by atoms with E-state index < -0.39 is 0 Å². The average molecular weight is 317 g/mol. The summed E-state index contributed by atoms with van der Waals surface area (Å²) in [4.78, 5) is 9.38. The van der Waals surface area contributed by atoms with E-state index in [0.29, 0.717) is 17.5 Å². The van der Waals surface area contributed by atoms with Crippen molar-refractivity contribution in [3.05, 3.63) is 30.1 Å². The molecule has 0 amide bonds. The number of piperidine rings is 1. The number of methoxy groups -OCH3 is 1. The Morgan fingerprint density at radius 3 is 2.57 bits per heavy atom. The first-order valence-electron chi connectivity index (χ1n) is 8.98. The van der Waals surface area contributed by atoms with Crippen LogP contribution in [0.2, 0.25) is 0 Å². The second kappa shape index (κ2) is 7.29. The van der Waals surface area contributed by atoms with E-state index in [1.54, 1.807) is 0 Å². The molecule has 0 N–H and O–H groups in total. The standard InChI is InChI=1S/C19H31N3O/c1-16(2)22-15-19(12-18(22)14-23-3)6-10-21(11-7-19)13-17-4-8-20-9-5-17/h4-5,8-9,16,18H,6-7,10-15H2,1-3H3/t18-/m1/s1. The van der Waals surface area contributed by atoms with E-state index in [2.05, 4.69) is 40.8 Å². The normalized spacial score (nSPS) is 25.5. The van der Waals surface area contributed by atoms with Gasteiger partial charge in [0.1, 0.15) is 0 Å². The van der Waals surface area contributed by atoms with Crippen LogP contribution in [0.25, 0.3) is 0 Å². The van der Waals surface area contributed by atoms with Crippen LogP contribution in [0.3, 0.4) is 0 Å². The molecule has 0 saturated carbocycles. The van der Waals surface area contributed by atoms with E-state index in [0.717, 1.165) is 13.2 Å². The fourth-order valence-corrected chi connectivity index (χ4v) is 4.44. The number of aromatic nitrogens is 1. The van der Waals surface area contributed by atoms with E-state index >= 15 is 0 Å². The van der Waals surface area contributed by atoms with Crippen molar-refractivity contribution >= 4 is 0 Å². The van der Waals surface area contributed by atoms with Crippen molar-refractivity contribution in [1.29, 1.82) is 0 Å². The smallest absolute Gasteiger partial charge is 0.0618 e. The molecule has 1 aromatic heterocycles. The number of ether oxygens (including phenoxy) is 1. The molecular formula is C19H31N3O. The molecule has 0 unspecified atom stereocenters. The van der Waals surface area contributed by atoms with Gasteiger partial charge in [0.25, 0.3) is 0 Å². The number of nitrogens with zero attached hydrogens (tertiary/aromatic N) is 3. The van der Waals surface area contributed by atoms with Gasteiger partial charge in [-0.3, -0.25) is 14.8 Å². The summed E-state index contributed by atoms with van der Waals surface area (Å²) in [7, 11) is 1.83. The molecule has 0 bridgehead atoms. The summed E-state index contributed by atoms with van der Waals surface area (Å²) in [6.07, 6.45) is 7.74. The highest BCUT2D eigenvalue weighted by atomic mass is 16.5. The van der Waals surface area contributed by atoms with Crippen molar-refractivity contribution < 1.29 is 4.74 Å². The predicted octanol–water partition coefficient (Wildman–Crippen LogP) is 2.79. The fraction of sp³-hybridized carbons (Fsp3) is 0.737. The third-order valence-corrected chi connectivity index (χ3v) is 5.75. The molecule has 2 aliphatic heterocycles. The van der Waals surface area contributed by atoms with E-state index in [-0.39, 0.29) is 0 Å². The Kier molecular flexibility index (Phi) is 5.34. The van der Waals surface area contributed by atoms with Crippen molar-refractivity contribution in [2.75, 3.05) is 33.4 Å². The molecular weight excluding hydrogens is 286 g/mol. The van der Waals surface area contributed by atoms with Crippen molar-refractivity contribution in [2.24, 2.45) is 5.41 Å². The molecule has 128 valence electrons. The van der Waals surface area contributed by atoms with Crippen LogP contribution in [0.1, 0.15) is 38.7 Å². The number of pyridine rings is 1. The maximum absolute atomic E-state index is 5.48. The van der Waals surface area contributed by atoms with Gasteiger partial charge < -0.3 is 4.74 Å². The maximum Gasteiger partial charge on any atom is 0.0618 e. The molecule has 2 aliphatic rings. The largest absolute Gasteiger partial charge is 0.383 e. The zero-order chi connectivity index (χ0) is 16.3. The third-order valence-electron chi connectivity index (χ3n) is 5.75. The van der Waals surface area contributed by atoms with E-state index in [4.69, 9.17) is 4.74 Å². The Bertz CT molecular complexity index is 483. The molecule has 3 rings (SSSR count). The van der Waals surface area contributed by atoms with Gasteiger partial charge in [-0.25, -0.2) is 0 Å². The summed E-state index contributed by atoms with van der Waals surface area (Å²) in [5, 5.41) is 0. The minimum atomic E-state index is 0.516. The highest BCUT2D eigenvalue weighted by molar-refractivity contribution is 5.10. The van der Waals surface area contributed by atoms with Crippen LogP contribution in [0.15, 0.2) is 24.5 Å². The average Bonchev–Trinajstić information content (AvgIpc) is 2.90. The van der Waals surface area contributed by atoms with Gasteiger partial charge in [0, 0.05) is 44.7 Å². The minimum absolute atomic E-state index is 0.516. The SMILES string of the molecule is COC[C@H]1CC2(CCN(Cc3ccncc3)CC2)CN1C(C)C. The monoisotopic (exact) mass is 317 g/mol. The van der Waals surface area contributed by atoms with Crippen LogP contribution in [0.5, 0.6) is 0 Å². The Morgan fingerprint density at radius 1 is 1.26 bits per heavy atom. The number of likely N-dealkylation sites (tertiary alicyclic amines) is 2. The van der Waals surface area contributed by atoms with Crippen molar-refractivity contribution in [3.63, 3.8) is 0 Å². The lowest BCUT2D eigenvalue weighted by atomic mass is 9.76. The van der Waals surface area contributed by atoms with Gasteiger partial charge in [-0.15, -0.1) is 0 Å². The molecule has 0 aliphatic carbocycles. The second-order valence-corrected chi connectivity index (χ2v) is 7.71. The molecule has 1 atom stereocenters. The Labute approximate surface area is 140 Å². The van der Waals surface area contributed by atoms with E-state index in [9.17, 15) is 0 Å². The molecule has 1 spiro atoms. The molecule has 0 aromatic carbocycles. The molecule has 1 aromatic rings. The quantitative estimate of drug-likeness (QED) is 0.835. The molecule has 2 saturated heterocycles. The summed E-state index contributed by atoms with van der Waals surface area (Å²) in [5.41, 5.74) is 1.89. The van der Waals surface area contributed by atoms with Crippen molar-refractivity contribution in [3.8, 4) is 0 Å². The van der Waals surface area contributed by atoms with Crippen LogP contribution < -0.4 is 0 Å². The van der Waals surface area contributed by atoms with Gasteiger partial charge >= 0.3 is 0 Å². The Hall–Kier alpha value is -0.970. The summed E-state index contributed by atoms with van der Waals surface area (Å²) < 4.78 is 5.48. The Balaban J connectivity index is 1.57. The summed E-state index contributed by atoms with van der Waals surface area (Å²) >= 11 is 0. The lowest BCUT2D eigenvalue weighted by molar-refractivity contribution is 0.0915. The highest BCUT2D eigenvalue weighted by Gasteiger charge is 2.45. The number of hydrogen-bond acceptors (Lipinski definition) is 4. The van der Waals surface area contributed by atoms with E-state index in [1.165, 1.54) is 44.5 Å². The van der Waals surface area contributed by atoms with Gasteiger partial charge in [-0.2, -0.15) is 0 Å².